The minimum Gasteiger partial charge on any atom is -0.459 e. The zero-order valence-corrected chi connectivity index (χ0v) is 16.6. The number of fused-ring (bicyclic) bond motifs is 1. The maximum Gasteiger partial charge on any atom is 0.287 e. The highest BCUT2D eigenvalue weighted by molar-refractivity contribution is 5.91. The molecule has 0 radical (unpaired) electrons. The molecule has 0 spiro atoms. The van der Waals surface area contributed by atoms with Crippen molar-refractivity contribution in [1.29, 1.82) is 0 Å². The molecule has 4 rings (SSSR count). The van der Waals surface area contributed by atoms with Gasteiger partial charge in [-0.3, -0.25) is 9.59 Å². The maximum absolute atomic E-state index is 13.0. The van der Waals surface area contributed by atoms with Gasteiger partial charge in [-0.05, 0) is 44.0 Å². The van der Waals surface area contributed by atoms with Crippen LogP contribution in [0.5, 0.6) is 0 Å². The van der Waals surface area contributed by atoms with E-state index in [1.54, 1.807) is 12.1 Å². The van der Waals surface area contributed by atoms with Gasteiger partial charge in [0, 0.05) is 13.1 Å². The highest BCUT2D eigenvalue weighted by atomic mass is 16.3. The van der Waals surface area contributed by atoms with Crippen molar-refractivity contribution in [3.8, 4) is 0 Å². The van der Waals surface area contributed by atoms with Crippen LogP contribution in [0.1, 0.15) is 55.0 Å². The molecule has 0 bridgehead atoms. The molecule has 3 heterocycles. The second kappa shape index (κ2) is 8.51. The molecule has 3 aromatic rings. The Morgan fingerprint density at radius 1 is 1.10 bits per heavy atom. The lowest BCUT2D eigenvalue weighted by Crippen LogP contribution is -2.36. The average Bonchev–Trinajstić information content (AvgIpc) is 3.29. The van der Waals surface area contributed by atoms with E-state index in [1.807, 2.05) is 40.7 Å². The Balaban J connectivity index is 1.60. The van der Waals surface area contributed by atoms with Crippen LogP contribution in [-0.2, 0) is 11.3 Å². The summed E-state index contributed by atoms with van der Waals surface area (Å²) in [6, 6.07) is 10.7. The van der Waals surface area contributed by atoms with Gasteiger partial charge in [-0.1, -0.05) is 25.0 Å². The summed E-state index contributed by atoms with van der Waals surface area (Å²) in [7, 11) is 0. The van der Waals surface area contributed by atoms with Gasteiger partial charge in [0.05, 0.1) is 23.3 Å². The normalized spacial score (nSPS) is 15.8. The Bertz CT molecular complexity index is 985. The number of hydrogen-bond donors (Lipinski definition) is 1. The predicted octanol–water partition coefficient (Wildman–Crippen LogP) is 3.52. The molecule has 29 heavy (non-hydrogen) atoms. The van der Waals surface area contributed by atoms with Crippen molar-refractivity contribution < 1.29 is 14.0 Å². The van der Waals surface area contributed by atoms with Gasteiger partial charge in [0.1, 0.15) is 12.4 Å². The van der Waals surface area contributed by atoms with Gasteiger partial charge in [0.2, 0.25) is 5.91 Å². The molecule has 7 heteroatoms. The summed E-state index contributed by atoms with van der Waals surface area (Å²) in [5, 5.41) is 2.92. The van der Waals surface area contributed by atoms with Crippen molar-refractivity contribution >= 4 is 22.8 Å². The number of carbonyl (C=O) groups is 2. The number of carbonyl (C=O) groups excluding carboxylic acids is 2. The molecule has 7 nitrogen and oxygen atoms in total. The second-order valence-corrected chi connectivity index (χ2v) is 7.51. The van der Waals surface area contributed by atoms with Gasteiger partial charge < -0.3 is 19.2 Å². The standard InChI is InChI=1S/C22H26N4O3/c1-16(23-22(28)19-11-8-14-29-19)21-24-17-9-4-5-10-18(17)26(21)15-20(27)25-12-6-2-3-7-13-25/h4-5,8-11,14,16H,2-3,6-7,12-13,15H2,1H3,(H,23,28)/t16-/m0/s1. The number of rotatable bonds is 5. The van der Waals surface area contributed by atoms with Crippen molar-refractivity contribution in [3.05, 3.63) is 54.2 Å². The van der Waals surface area contributed by atoms with Crippen LogP contribution in [0.25, 0.3) is 11.0 Å². The molecule has 1 atom stereocenters. The highest BCUT2D eigenvalue weighted by Crippen LogP contribution is 2.22. The summed E-state index contributed by atoms with van der Waals surface area (Å²) < 4.78 is 7.10. The topological polar surface area (TPSA) is 80.4 Å². The van der Waals surface area contributed by atoms with Crippen LogP contribution in [0.2, 0.25) is 0 Å². The largest absolute Gasteiger partial charge is 0.459 e. The van der Waals surface area contributed by atoms with Crippen LogP contribution in [0, 0.1) is 0 Å². The smallest absolute Gasteiger partial charge is 0.287 e. The summed E-state index contributed by atoms with van der Waals surface area (Å²) >= 11 is 0. The molecule has 2 aromatic heterocycles. The van der Waals surface area contributed by atoms with Crippen molar-refractivity contribution in [2.75, 3.05) is 13.1 Å². The van der Waals surface area contributed by atoms with E-state index in [4.69, 9.17) is 9.40 Å². The van der Waals surface area contributed by atoms with E-state index in [0.717, 1.165) is 37.0 Å². The maximum atomic E-state index is 13.0. The number of hydrogen-bond acceptors (Lipinski definition) is 4. The molecular weight excluding hydrogens is 368 g/mol. The monoisotopic (exact) mass is 394 g/mol. The first-order valence-corrected chi connectivity index (χ1v) is 10.2. The molecule has 1 aliphatic rings. The summed E-state index contributed by atoms with van der Waals surface area (Å²) in [6.07, 6.45) is 5.93. The Morgan fingerprint density at radius 2 is 1.86 bits per heavy atom. The molecule has 1 aliphatic heterocycles. The number of nitrogens with one attached hydrogen (secondary N) is 1. The number of nitrogens with zero attached hydrogens (tertiary/aromatic N) is 3. The minimum absolute atomic E-state index is 0.0980. The summed E-state index contributed by atoms with van der Waals surface area (Å²) in [4.78, 5) is 32.1. The molecule has 0 unspecified atom stereocenters. The van der Waals surface area contributed by atoms with E-state index in [-0.39, 0.29) is 30.2 Å². The highest BCUT2D eigenvalue weighted by Gasteiger charge is 2.23. The van der Waals surface area contributed by atoms with Crippen LogP contribution in [0.15, 0.2) is 47.1 Å². The number of imidazole rings is 1. The summed E-state index contributed by atoms with van der Waals surface area (Å²) in [5.74, 6) is 0.704. The molecule has 1 fully saturated rings. The van der Waals surface area contributed by atoms with E-state index < -0.39 is 0 Å². The van der Waals surface area contributed by atoms with Gasteiger partial charge >= 0.3 is 0 Å². The Labute approximate surface area is 169 Å². The number of amides is 2. The molecule has 1 aromatic carbocycles. The quantitative estimate of drug-likeness (QED) is 0.718. The predicted molar refractivity (Wildman–Crippen MR) is 109 cm³/mol. The third kappa shape index (κ3) is 4.18. The van der Waals surface area contributed by atoms with Crippen LogP contribution in [0.3, 0.4) is 0 Å². The molecule has 2 amide bonds. The third-order valence-corrected chi connectivity index (χ3v) is 5.42. The van der Waals surface area contributed by atoms with Crippen LogP contribution >= 0.6 is 0 Å². The first-order valence-electron chi connectivity index (χ1n) is 10.2. The van der Waals surface area contributed by atoms with Gasteiger partial charge in [-0.25, -0.2) is 4.98 Å². The van der Waals surface area contributed by atoms with Crippen molar-refractivity contribution in [2.24, 2.45) is 0 Å². The third-order valence-electron chi connectivity index (χ3n) is 5.42. The fourth-order valence-electron chi connectivity index (χ4n) is 3.89. The molecule has 0 aliphatic carbocycles. The van der Waals surface area contributed by atoms with E-state index in [0.29, 0.717) is 5.82 Å². The zero-order valence-electron chi connectivity index (χ0n) is 16.6. The number of aromatic nitrogens is 2. The molecular formula is C22H26N4O3. The molecule has 0 saturated carbocycles. The lowest BCUT2D eigenvalue weighted by atomic mass is 10.2. The number of para-hydroxylation sites is 2. The molecule has 152 valence electrons. The first-order chi connectivity index (χ1) is 14.1. The van der Waals surface area contributed by atoms with Gasteiger partial charge in [-0.15, -0.1) is 0 Å². The Kier molecular flexibility index (Phi) is 5.64. The summed E-state index contributed by atoms with van der Waals surface area (Å²) in [5.41, 5.74) is 1.70. The average molecular weight is 394 g/mol. The van der Waals surface area contributed by atoms with Crippen LogP contribution in [0.4, 0.5) is 0 Å². The second-order valence-electron chi connectivity index (χ2n) is 7.51. The lowest BCUT2D eigenvalue weighted by Gasteiger charge is -2.22. The molecule has 1 N–H and O–H groups in total. The van der Waals surface area contributed by atoms with Gasteiger partial charge in [0.25, 0.3) is 5.91 Å². The van der Waals surface area contributed by atoms with Crippen LogP contribution < -0.4 is 5.32 Å². The SMILES string of the molecule is C[C@H](NC(=O)c1ccco1)c1nc2ccccc2n1CC(=O)N1CCCCCC1. The van der Waals surface area contributed by atoms with Gasteiger partial charge in [0.15, 0.2) is 5.76 Å². The Morgan fingerprint density at radius 3 is 2.59 bits per heavy atom. The lowest BCUT2D eigenvalue weighted by molar-refractivity contribution is -0.131. The number of likely N-dealkylation sites (tertiary alicyclic amines) is 1. The minimum atomic E-state index is -0.378. The van der Waals surface area contributed by atoms with E-state index in [9.17, 15) is 9.59 Å². The Hall–Kier alpha value is -3.09. The fourth-order valence-corrected chi connectivity index (χ4v) is 3.89. The van der Waals surface area contributed by atoms with Crippen molar-refractivity contribution in [2.45, 2.75) is 45.2 Å². The molecule has 1 saturated heterocycles. The van der Waals surface area contributed by atoms with Gasteiger partial charge in [-0.2, -0.15) is 0 Å². The van der Waals surface area contributed by atoms with E-state index in [2.05, 4.69) is 5.32 Å². The van der Waals surface area contributed by atoms with Crippen molar-refractivity contribution in [1.82, 2.24) is 19.8 Å². The summed E-state index contributed by atoms with van der Waals surface area (Å²) in [6.45, 7) is 3.71. The van der Waals surface area contributed by atoms with E-state index >= 15 is 0 Å². The van der Waals surface area contributed by atoms with Crippen LogP contribution in [-0.4, -0.2) is 39.4 Å². The number of furan rings is 1. The van der Waals surface area contributed by atoms with E-state index in [1.165, 1.54) is 19.1 Å². The fraction of sp³-hybridized carbons (Fsp3) is 0.409. The zero-order chi connectivity index (χ0) is 20.2. The van der Waals surface area contributed by atoms with Crippen molar-refractivity contribution in [3.63, 3.8) is 0 Å². The first kappa shape index (κ1) is 19.2. The number of benzene rings is 1.